The molecule has 1 aliphatic heterocycles. The van der Waals surface area contributed by atoms with Gasteiger partial charge in [-0.05, 0) is 41.5 Å². The molecule has 0 saturated carbocycles. The number of methoxy groups -OCH3 is 1. The van der Waals surface area contributed by atoms with Crippen LogP contribution in [0.1, 0.15) is 27.7 Å². The molecule has 1 amide bonds. The summed E-state index contributed by atoms with van der Waals surface area (Å²) in [6.45, 7) is 0.468. The van der Waals surface area contributed by atoms with E-state index < -0.39 is 0 Å². The maximum atomic E-state index is 13.2. The summed E-state index contributed by atoms with van der Waals surface area (Å²) in [5.41, 5.74) is 3.47. The molecule has 3 aromatic rings. The summed E-state index contributed by atoms with van der Waals surface area (Å²) in [6.07, 6.45) is 3.23. The molecule has 0 fully saturated rings. The summed E-state index contributed by atoms with van der Waals surface area (Å²) in [5.74, 6) is 0.757. The first kappa shape index (κ1) is 16.1. The highest BCUT2D eigenvalue weighted by Gasteiger charge is 2.32. The Kier molecular flexibility index (Phi) is 4.27. The molecule has 0 saturated heterocycles. The zero-order valence-electron chi connectivity index (χ0n) is 14.4. The number of nitrogens with zero attached hydrogens (tertiary/aromatic N) is 2. The number of aromatic nitrogens is 1. The fourth-order valence-corrected chi connectivity index (χ4v) is 3.22. The van der Waals surface area contributed by atoms with Crippen molar-refractivity contribution in [2.75, 3.05) is 12.4 Å². The highest BCUT2D eigenvalue weighted by atomic mass is 16.5. The van der Waals surface area contributed by atoms with Crippen LogP contribution in [0.5, 0.6) is 5.75 Å². The topological polar surface area (TPSA) is 54.5 Å². The predicted octanol–water partition coefficient (Wildman–Crippen LogP) is 3.86. The Balaban J connectivity index is 1.76. The molecule has 0 bridgehead atoms. The lowest BCUT2D eigenvalue weighted by Crippen LogP contribution is -2.42. The molecule has 2 heterocycles. The molecule has 0 radical (unpaired) electrons. The van der Waals surface area contributed by atoms with Gasteiger partial charge in [-0.1, -0.05) is 30.3 Å². The van der Waals surface area contributed by atoms with Crippen molar-refractivity contribution in [2.45, 2.75) is 12.7 Å². The molecular formula is C21H19N3O2. The highest BCUT2D eigenvalue weighted by molar-refractivity contribution is 6.01. The van der Waals surface area contributed by atoms with E-state index in [1.54, 1.807) is 19.5 Å². The number of fused-ring (bicyclic) bond motifs is 1. The van der Waals surface area contributed by atoms with E-state index in [-0.39, 0.29) is 12.1 Å². The van der Waals surface area contributed by atoms with E-state index in [0.29, 0.717) is 12.1 Å². The molecule has 130 valence electrons. The van der Waals surface area contributed by atoms with Gasteiger partial charge in [-0.3, -0.25) is 9.78 Å². The molecule has 1 N–H and O–H groups in total. The van der Waals surface area contributed by atoms with Crippen molar-refractivity contribution in [3.8, 4) is 5.75 Å². The average molecular weight is 345 g/mol. The molecule has 5 heteroatoms. The van der Waals surface area contributed by atoms with Gasteiger partial charge in [-0.2, -0.15) is 0 Å². The number of rotatable bonds is 4. The van der Waals surface area contributed by atoms with Gasteiger partial charge in [0.1, 0.15) is 11.9 Å². The van der Waals surface area contributed by atoms with Crippen molar-refractivity contribution in [1.82, 2.24) is 9.88 Å². The van der Waals surface area contributed by atoms with Crippen molar-refractivity contribution in [3.63, 3.8) is 0 Å². The Bertz CT molecular complexity index is 927. The standard InChI is InChI=1S/C21H19N3O2/c1-26-17-8-4-7-16(12-17)20-23-19-10-3-2-9-18(19)21(25)24(20)14-15-6-5-11-22-13-15/h2-13,20,23H,14H2,1H3/t20-/m1/s1. The van der Waals surface area contributed by atoms with Crippen LogP contribution in [0.3, 0.4) is 0 Å². The van der Waals surface area contributed by atoms with Crippen LogP contribution in [0, 0.1) is 0 Å². The quantitative estimate of drug-likeness (QED) is 0.780. The maximum absolute atomic E-state index is 13.2. The number of carbonyl (C=O) groups is 1. The van der Waals surface area contributed by atoms with Crippen LogP contribution in [-0.2, 0) is 6.54 Å². The molecule has 0 aliphatic carbocycles. The summed E-state index contributed by atoms with van der Waals surface area (Å²) in [5, 5.41) is 3.49. The van der Waals surface area contributed by atoms with Gasteiger partial charge in [0, 0.05) is 24.6 Å². The number of hydrogen-bond acceptors (Lipinski definition) is 4. The third-order valence-electron chi connectivity index (χ3n) is 4.51. The molecule has 1 atom stereocenters. The number of benzene rings is 2. The molecule has 1 aromatic heterocycles. The summed E-state index contributed by atoms with van der Waals surface area (Å²) in [7, 11) is 1.64. The van der Waals surface area contributed by atoms with Crippen LogP contribution in [0.25, 0.3) is 0 Å². The Morgan fingerprint density at radius 2 is 2.00 bits per heavy atom. The van der Waals surface area contributed by atoms with Gasteiger partial charge in [0.05, 0.1) is 12.7 Å². The van der Waals surface area contributed by atoms with Crippen LogP contribution in [0.15, 0.2) is 73.1 Å². The fourth-order valence-electron chi connectivity index (χ4n) is 3.22. The van der Waals surface area contributed by atoms with Crippen molar-refractivity contribution >= 4 is 11.6 Å². The van der Waals surface area contributed by atoms with E-state index in [4.69, 9.17) is 4.74 Å². The minimum absolute atomic E-state index is 0.00368. The fraction of sp³-hybridized carbons (Fsp3) is 0.143. The number of carbonyl (C=O) groups excluding carboxylic acids is 1. The minimum Gasteiger partial charge on any atom is -0.497 e. The van der Waals surface area contributed by atoms with E-state index in [1.807, 2.05) is 65.6 Å². The summed E-state index contributed by atoms with van der Waals surface area (Å²) >= 11 is 0. The van der Waals surface area contributed by atoms with Crippen LogP contribution in [-0.4, -0.2) is 22.9 Å². The van der Waals surface area contributed by atoms with Gasteiger partial charge in [0.25, 0.3) is 5.91 Å². The van der Waals surface area contributed by atoms with Gasteiger partial charge in [0.2, 0.25) is 0 Å². The highest BCUT2D eigenvalue weighted by Crippen LogP contribution is 2.35. The van der Waals surface area contributed by atoms with Crippen molar-refractivity contribution in [3.05, 3.63) is 89.7 Å². The van der Waals surface area contributed by atoms with Gasteiger partial charge in [-0.25, -0.2) is 0 Å². The number of pyridine rings is 1. The SMILES string of the molecule is COc1cccc([C@@H]2Nc3ccccc3C(=O)N2Cc2cccnc2)c1. The zero-order valence-corrected chi connectivity index (χ0v) is 14.4. The molecule has 26 heavy (non-hydrogen) atoms. The van der Waals surface area contributed by atoms with Crippen LogP contribution in [0.4, 0.5) is 5.69 Å². The molecule has 4 rings (SSSR count). The van der Waals surface area contributed by atoms with E-state index in [0.717, 1.165) is 22.6 Å². The molecule has 0 spiro atoms. The van der Waals surface area contributed by atoms with E-state index in [1.165, 1.54) is 0 Å². The lowest BCUT2D eigenvalue weighted by Gasteiger charge is -2.38. The molecule has 0 unspecified atom stereocenters. The summed E-state index contributed by atoms with van der Waals surface area (Å²) < 4.78 is 5.35. The monoisotopic (exact) mass is 345 g/mol. The Hall–Kier alpha value is -3.34. The molecule has 2 aromatic carbocycles. The van der Waals surface area contributed by atoms with Gasteiger partial charge >= 0.3 is 0 Å². The first-order valence-corrected chi connectivity index (χ1v) is 8.45. The molecule has 5 nitrogen and oxygen atoms in total. The number of anilines is 1. The molecular weight excluding hydrogens is 326 g/mol. The van der Waals surface area contributed by atoms with Gasteiger partial charge in [0.15, 0.2) is 0 Å². The van der Waals surface area contributed by atoms with Crippen LogP contribution < -0.4 is 10.1 Å². The average Bonchev–Trinajstić information content (AvgIpc) is 2.71. The Morgan fingerprint density at radius 1 is 1.12 bits per heavy atom. The Labute approximate surface area is 152 Å². The first-order chi connectivity index (χ1) is 12.8. The first-order valence-electron chi connectivity index (χ1n) is 8.45. The second-order valence-electron chi connectivity index (χ2n) is 6.16. The normalized spacial score (nSPS) is 16.0. The van der Waals surface area contributed by atoms with Crippen molar-refractivity contribution < 1.29 is 9.53 Å². The Morgan fingerprint density at radius 3 is 2.81 bits per heavy atom. The van der Waals surface area contributed by atoms with E-state index >= 15 is 0 Å². The van der Waals surface area contributed by atoms with Crippen LogP contribution >= 0.6 is 0 Å². The zero-order chi connectivity index (χ0) is 17.9. The maximum Gasteiger partial charge on any atom is 0.258 e. The number of nitrogens with one attached hydrogen (secondary N) is 1. The van der Waals surface area contributed by atoms with E-state index in [2.05, 4.69) is 10.3 Å². The molecule has 1 aliphatic rings. The van der Waals surface area contributed by atoms with Crippen LogP contribution in [0.2, 0.25) is 0 Å². The smallest absolute Gasteiger partial charge is 0.258 e. The van der Waals surface area contributed by atoms with Crippen molar-refractivity contribution in [2.24, 2.45) is 0 Å². The van der Waals surface area contributed by atoms with Gasteiger partial charge < -0.3 is 15.0 Å². The van der Waals surface area contributed by atoms with Gasteiger partial charge in [-0.15, -0.1) is 0 Å². The largest absolute Gasteiger partial charge is 0.497 e. The minimum atomic E-state index is -0.285. The second-order valence-corrected chi connectivity index (χ2v) is 6.16. The summed E-state index contributed by atoms with van der Waals surface area (Å²) in [6, 6.07) is 19.2. The van der Waals surface area contributed by atoms with Crippen molar-refractivity contribution in [1.29, 1.82) is 0 Å². The number of ether oxygens (including phenoxy) is 1. The summed E-state index contributed by atoms with van der Waals surface area (Å²) in [4.78, 5) is 19.2. The van der Waals surface area contributed by atoms with E-state index in [9.17, 15) is 4.79 Å². The predicted molar refractivity (Wildman–Crippen MR) is 99.9 cm³/mol. The lowest BCUT2D eigenvalue weighted by atomic mass is 10.0. The second kappa shape index (κ2) is 6.88. The number of hydrogen-bond donors (Lipinski definition) is 1. The lowest BCUT2D eigenvalue weighted by molar-refractivity contribution is 0.0666. The number of para-hydroxylation sites is 1. The third kappa shape index (κ3) is 2.99. The number of amides is 1. The third-order valence-corrected chi connectivity index (χ3v) is 4.51.